The zero-order valence-corrected chi connectivity index (χ0v) is 18.6. The molecule has 1 saturated heterocycles. The minimum absolute atomic E-state index is 0.271. The lowest BCUT2D eigenvalue weighted by Gasteiger charge is -2.26. The van der Waals surface area contributed by atoms with E-state index in [2.05, 4.69) is 5.32 Å². The molecule has 1 aliphatic heterocycles. The first kappa shape index (κ1) is 22.7. The fourth-order valence-corrected chi connectivity index (χ4v) is 3.87. The molecule has 1 amide bonds. The minimum atomic E-state index is -0.621. The molecule has 6 nitrogen and oxygen atoms in total. The Bertz CT molecular complexity index is 890. The maximum Gasteiger partial charge on any atom is 0.407 e. The number of alkyl carbamates (subject to hydrolysis) is 1. The van der Waals surface area contributed by atoms with Crippen molar-refractivity contribution in [3.63, 3.8) is 0 Å². The number of hydrogen-bond donors (Lipinski definition) is 1. The predicted octanol–water partition coefficient (Wildman–Crippen LogP) is 4.31. The van der Waals surface area contributed by atoms with Crippen molar-refractivity contribution in [3.8, 4) is 5.75 Å². The maximum absolute atomic E-state index is 12.8. The lowest BCUT2D eigenvalue weighted by atomic mass is 9.89. The van der Waals surface area contributed by atoms with E-state index in [-0.39, 0.29) is 12.1 Å². The molecule has 0 bridgehead atoms. The second-order valence-corrected chi connectivity index (χ2v) is 8.86. The van der Waals surface area contributed by atoms with Gasteiger partial charge in [0.15, 0.2) is 0 Å². The Morgan fingerprint density at radius 2 is 1.81 bits per heavy atom. The number of amides is 1. The molecule has 1 N–H and O–H groups in total. The number of para-hydroxylation sites is 1. The van der Waals surface area contributed by atoms with E-state index in [1.54, 1.807) is 7.11 Å². The number of nitrogens with one attached hydrogen (secondary N) is 1. The van der Waals surface area contributed by atoms with Gasteiger partial charge in [0.2, 0.25) is 0 Å². The molecule has 6 heteroatoms. The summed E-state index contributed by atoms with van der Waals surface area (Å²) in [7, 11) is 1.63. The van der Waals surface area contributed by atoms with Gasteiger partial charge in [0.1, 0.15) is 17.5 Å². The normalized spacial score (nSPS) is 19.4. The van der Waals surface area contributed by atoms with Gasteiger partial charge in [-0.1, -0.05) is 48.5 Å². The number of ether oxygens (including phenoxy) is 3. The maximum atomic E-state index is 12.8. The first-order valence-electron chi connectivity index (χ1n) is 10.6. The standard InChI is InChI=1S/C25H31NO5/c1-25(2,3)31-24(28)26-21(14-17-10-6-5-7-11-17)20-16-19(30-23(20)27)15-18-12-8-9-13-22(18)29-4/h5-13,19-21H,14-16H2,1-4H3,(H,26,28)/t19-,20-,21+/m1/s1. The van der Waals surface area contributed by atoms with Crippen molar-refractivity contribution in [2.75, 3.05) is 7.11 Å². The first-order valence-corrected chi connectivity index (χ1v) is 10.6. The second kappa shape index (κ2) is 9.86. The van der Waals surface area contributed by atoms with Crippen LogP contribution in [0, 0.1) is 5.92 Å². The number of cyclic esters (lactones) is 1. The minimum Gasteiger partial charge on any atom is -0.496 e. The lowest BCUT2D eigenvalue weighted by Crippen LogP contribution is -2.45. The molecular weight excluding hydrogens is 394 g/mol. The molecule has 3 atom stereocenters. The Hall–Kier alpha value is -3.02. The van der Waals surface area contributed by atoms with Crippen molar-refractivity contribution in [1.82, 2.24) is 5.32 Å². The van der Waals surface area contributed by atoms with E-state index >= 15 is 0 Å². The molecule has 0 aliphatic carbocycles. The summed E-state index contributed by atoms with van der Waals surface area (Å²) in [5.74, 6) is 0.0269. The van der Waals surface area contributed by atoms with Crippen molar-refractivity contribution in [1.29, 1.82) is 0 Å². The molecule has 1 heterocycles. The van der Waals surface area contributed by atoms with Crippen molar-refractivity contribution in [2.24, 2.45) is 5.92 Å². The van der Waals surface area contributed by atoms with Crippen molar-refractivity contribution >= 4 is 12.1 Å². The van der Waals surface area contributed by atoms with Gasteiger partial charge in [-0.3, -0.25) is 4.79 Å². The highest BCUT2D eigenvalue weighted by atomic mass is 16.6. The average Bonchev–Trinajstić information content (AvgIpc) is 3.07. The highest BCUT2D eigenvalue weighted by Crippen LogP contribution is 2.30. The van der Waals surface area contributed by atoms with Crippen molar-refractivity contribution < 1.29 is 23.8 Å². The first-order chi connectivity index (χ1) is 14.7. The summed E-state index contributed by atoms with van der Waals surface area (Å²) in [4.78, 5) is 25.3. The van der Waals surface area contributed by atoms with E-state index < -0.39 is 23.7 Å². The van der Waals surface area contributed by atoms with Crippen LogP contribution in [0.25, 0.3) is 0 Å². The number of rotatable bonds is 7. The topological polar surface area (TPSA) is 73.9 Å². The van der Waals surface area contributed by atoms with Crippen LogP contribution >= 0.6 is 0 Å². The summed E-state index contributed by atoms with van der Waals surface area (Å²) in [6, 6.07) is 17.1. The lowest BCUT2D eigenvalue weighted by molar-refractivity contribution is -0.144. The molecule has 166 valence electrons. The number of methoxy groups -OCH3 is 1. The Kier molecular flexibility index (Phi) is 7.21. The highest BCUT2D eigenvalue weighted by Gasteiger charge is 2.41. The van der Waals surface area contributed by atoms with Crippen LogP contribution in [0.1, 0.15) is 38.3 Å². The van der Waals surface area contributed by atoms with E-state index in [1.807, 2.05) is 75.4 Å². The van der Waals surface area contributed by atoms with Crippen LogP contribution in [-0.2, 0) is 27.1 Å². The number of esters is 1. The van der Waals surface area contributed by atoms with Crippen LogP contribution in [0.2, 0.25) is 0 Å². The Labute approximate surface area is 183 Å². The largest absolute Gasteiger partial charge is 0.496 e. The Morgan fingerprint density at radius 3 is 2.48 bits per heavy atom. The van der Waals surface area contributed by atoms with Crippen LogP contribution in [0.15, 0.2) is 54.6 Å². The summed E-state index contributed by atoms with van der Waals surface area (Å²) < 4.78 is 16.5. The summed E-state index contributed by atoms with van der Waals surface area (Å²) in [5, 5.41) is 2.91. The zero-order valence-electron chi connectivity index (χ0n) is 18.6. The summed E-state index contributed by atoms with van der Waals surface area (Å²) >= 11 is 0. The fourth-order valence-electron chi connectivity index (χ4n) is 3.87. The third kappa shape index (κ3) is 6.48. The molecule has 0 aromatic heterocycles. The van der Waals surface area contributed by atoms with Gasteiger partial charge in [-0.2, -0.15) is 0 Å². The molecule has 2 aromatic rings. The number of carbonyl (C=O) groups excluding carboxylic acids is 2. The number of benzene rings is 2. The highest BCUT2D eigenvalue weighted by molar-refractivity contribution is 5.77. The monoisotopic (exact) mass is 425 g/mol. The molecule has 0 radical (unpaired) electrons. The fraction of sp³-hybridized carbons (Fsp3) is 0.440. The number of hydrogen-bond acceptors (Lipinski definition) is 5. The summed E-state index contributed by atoms with van der Waals surface area (Å²) in [6.45, 7) is 5.43. The van der Waals surface area contributed by atoms with Crippen LogP contribution in [0.5, 0.6) is 5.75 Å². The van der Waals surface area contributed by atoms with Gasteiger partial charge in [-0.25, -0.2) is 4.79 Å². The SMILES string of the molecule is COc1ccccc1C[C@@H]1C[C@H]([C@H](Cc2ccccc2)NC(=O)OC(C)(C)C)C(=O)O1. The van der Waals surface area contributed by atoms with Crippen LogP contribution in [-0.4, -0.2) is 36.9 Å². The smallest absolute Gasteiger partial charge is 0.407 e. The molecule has 1 fully saturated rings. The third-order valence-corrected chi connectivity index (χ3v) is 5.23. The van der Waals surface area contributed by atoms with Gasteiger partial charge in [-0.05, 0) is 50.8 Å². The van der Waals surface area contributed by atoms with Crippen LogP contribution in [0.3, 0.4) is 0 Å². The van der Waals surface area contributed by atoms with Gasteiger partial charge < -0.3 is 19.5 Å². The zero-order chi connectivity index (χ0) is 22.4. The van der Waals surface area contributed by atoms with Gasteiger partial charge in [-0.15, -0.1) is 0 Å². The quantitative estimate of drug-likeness (QED) is 0.670. The molecule has 0 saturated carbocycles. The summed E-state index contributed by atoms with van der Waals surface area (Å²) in [5.41, 5.74) is 1.40. The Balaban J connectivity index is 1.74. The average molecular weight is 426 g/mol. The Morgan fingerprint density at radius 1 is 1.13 bits per heavy atom. The van der Waals surface area contributed by atoms with Gasteiger partial charge in [0, 0.05) is 12.5 Å². The van der Waals surface area contributed by atoms with Crippen LogP contribution in [0.4, 0.5) is 4.79 Å². The van der Waals surface area contributed by atoms with Crippen LogP contribution < -0.4 is 10.1 Å². The molecule has 3 rings (SSSR count). The van der Waals surface area contributed by atoms with E-state index in [0.717, 1.165) is 16.9 Å². The molecule has 31 heavy (non-hydrogen) atoms. The van der Waals surface area contributed by atoms with Gasteiger partial charge >= 0.3 is 12.1 Å². The molecule has 2 aromatic carbocycles. The molecular formula is C25H31NO5. The molecule has 0 unspecified atom stereocenters. The summed E-state index contributed by atoms with van der Waals surface area (Å²) in [6.07, 6.45) is 0.796. The third-order valence-electron chi connectivity index (χ3n) is 5.23. The van der Waals surface area contributed by atoms with Crippen molar-refractivity contribution in [2.45, 2.75) is 57.8 Å². The van der Waals surface area contributed by atoms with Gasteiger partial charge in [0.05, 0.1) is 13.0 Å². The van der Waals surface area contributed by atoms with E-state index in [9.17, 15) is 9.59 Å². The predicted molar refractivity (Wildman–Crippen MR) is 118 cm³/mol. The van der Waals surface area contributed by atoms with E-state index in [4.69, 9.17) is 14.2 Å². The van der Waals surface area contributed by atoms with E-state index in [0.29, 0.717) is 19.3 Å². The van der Waals surface area contributed by atoms with Crippen molar-refractivity contribution in [3.05, 3.63) is 65.7 Å². The molecule has 0 spiro atoms. The second-order valence-electron chi connectivity index (χ2n) is 8.86. The molecule has 1 aliphatic rings. The number of carbonyl (C=O) groups is 2. The van der Waals surface area contributed by atoms with Gasteiger partial charge in [0.25, 0.3) is 0 Å². The van der Waals surface area contributed by atoms with E-state index in [1.165, 1.54) is 0 Å².